The SMILES string of the molecule is C#C/C(=C\C(C)=C(C)C)NC(=C)CCCC. The van der Waals surface area contributed by atoms with Crippen molar-refractivity contribution in [2.45, 2.75) is 47.0 Å². The molecular formula is C15H23N. The number of rotatable bonds is 6. The highest BCUT2D eigenvalue weighted by Crippen LogP contribution is 2.08. The average Bonchev–Trinajstić information content (AvgIpc) is 2.24. The van der Waals surface area contributed by atoms with Crippen LogP contribution in [0.4, 0.5) is 0 Å². The van der Waals surface area contributed by atoms with Gasteiger partial charge in [-0.1, -0.05) is 31.4 Å². The quantitative estimate of drug-likeness (QED) is 0.520. The predicted molar refractivity (Wildman–Crippen MR) is 72.8 cm³/mol. The van der Waals surface area contributed by atoms with Crippen molar-refractivity contribution >= 4 is 0 Å². The van der Waals surface area contributed by atoms with Gasteiger partial charge in [-0.05, 0) is 45.3 Å². The lowest BCUT2D eigenvalue weighted by Crippen LogP contribution is -2.10. The number of allylic oxidation sites excluding steroid dienone is 5. The molecule has 1 N–H and O–H groups in total. The zero-order valence-electron chi connectivity index (χ0n) is 11.0. The van der Waals surface area contributed by atoms with Crippen molar-refractivity contribution in [1.82, 2.24) is 5.32 Å². The standard InChI is InChI=1S/C15H23N/c1-7-9-10-14(6)16-15(8-2)11-13(5)12(3)4/h2,11,16H,6-7,9-10H2,1,3-5H3/b15-11+. The van der Waals surface area contributed by atoms with Crippen molar-refractivity contribution in [3.05, 3.63) is 35.2 Å². The minimum atomic E-state index is 0.791. The van der Waals surface area contributed by atoms with Crippen LogP contribution in [0.3, 0.4) is 0 Å². The fourth-order valence-corrected chi connectivity index (χ4v) is 1.12. The molecule has 0 spiro atoms. The number of terminal acetylenes is 1. The summed E-state index contributed by atoms with van der Waals surface area (Å²) in [5.41, 5.74) is 4.25. The Bertz CT molecular complexity index is 333. The normalized spacial score (nSPS) is 10.6. The highest BCUT2D eigenvalue weighted by molar-refractivity contribution is 5.35. The van der Waals surface area contributed by atoms with E-state index in [0.29, 0.717) is 0 Å². The summed E-state index contributed by atoms with van der Waals surface area (Å²) < 4.78 is 0. The maximum atomic E-state index is 5.45. The van der Waals surface area contributed by atoms with Gasteiger partial charge in [0.05, 0.1) is 5.70 Å². The van der Waals surface area contributed by atoms with E-state index in [1.165, 1.54) is 17.6 Å². The van der Waals surface area contributed by atoms with Crippen LogP contribution in [0.25, 0.3) is 0 Å². The van der Waals surface area contributed by atoms with Crippen molar-refractivity contribution in [2.75, 3.05) is 0 Å². The van der Waals surface area contributed by atoms with Gasteiger partial charge in [0.1, 0.15) is 0 Å². The zero-order chi connectivity index (χ0) is 12.6. The van der Waals surface area contributed by atoms with Crippen LogP contribution in [-0.4, -0.2) is 0 Å². The monoisotopic (exact) mass is 217 g/mol. The van der Waals surface area contributed by atoms with Gasteiger partial charge < -0.3 is 5.32 Å². The van der Waals surface area contributed by atoms with Crippen LogP contribution in [0.5, 0.6) is 0 Å². The van der Waals surface area contributed by atoms with E-state index in [2.05, 4.69) is 45.5 Å². The Kier molecular flexibility index (Phi) is 7.12. The molecule has 0 aliphatic heterocycles. The Morgan fingerprint density at radius 2 is 2.00 bits per heavy atom. The first-order chi connectivity index (χ1) is 7.51. The molecular weight excluding hydrogens is 194 g/mol. The summed E-state index contributed by atoms with van der Waals surface area (Å²) in [6.07, 6.45) is 10.7. The van der Waals surface area contributed by atoms with Crippen LogP contribution >= 0.6 is 0 Å². The van der Waals surface area contributed by atoms with Gasteiger partial charge in [-0.2, -0.15) is 0 Å². The Labute approximate surface area is 100 Å². The fourth-order valence-electron chi connectivity index (χ4n) is 1.12. The number of hydrogen-bond donors (Lipinski definition) is 1. The van der Waals surface area contributed by atoms with Crippen LogP contribution in [0.2, 0.25) is 0 Å². The predicted octanol–water partition coefficient (Wildman–Crippen LogP) is 4.15. The highest BCUT2D eigenvalue weighted by Gasteiger charge is 1.97. The fraction of sp³-hybridized carbons (Fsp3) is 0.467. The van der Waals surface area contributed by atoms with E-state index >= 15 is 0 Å². The van der Waals surface area contributed by atoms with Crippen molar-refractivity contribution in [2.24, 2.45) is 0 Å². The summed E-state index contributed by atoms with van der Waals surface area (Å²) >= 11 is 0. The molecule has 0 rings (SSSR count). The Hall–Kier alpha value is -1.42. The number of nitrogens with one attached hydrogen (secondary N) is 1. The molecule has 0 atom stereocenters. The van der Waals surface area contributed by atoms with Crippen molar-refractivity contribution < 1.29 is 0 Å². The van der Waals surface area contributed by atoms with Crippen LogP contribution in [0.15, 0.2) is 35.2 Å². The molecule has 0 bridgehead atoms. The minimum absolute atomic E-state index is 0.791. The van der Waals surface area contributed by atoms with E-state index in [1.54, 1.807) is 0 Å². The first-order valence-electron chi connectivity index (χ1n) is 5.78. The van der Waals surface area contributed by atoms with Crippen molar-refractivity contribution in [1.29, 1.82) is 0 Å². The highest BCUT2D eigenvalue weighted by atomic mass is 14.9. The van der Waals surface area contributed by atoms with E-state index in [9.17, 15) is 0 Å². The molecule has 16 heavy (non-hydrogen) atoms. The molecule has 0 unspecified atom stereocenters. The molecule has 0 heterocycles. The van der Waals surface area contributed by atoms with Crippen molar-refractivity contribution in [3.8, 4) is 12.3 Å². The average molecular weight is 217 g/mol. The van der Waals surface area contributed by atoms with Gasteiger partial charge >= 0.3 is 0 Å². The smallest absolute Gasteiger partial charge is 0.0894 e. The Morgan fingerprint density at radius 1 is 1.38 bits per heavy atom. The van der Waals surface area contributed by atoms with Gasteiger partial charge in [0.15, 0.2) is 0 Å². The van der Waals surface area contributed by atoms with Gasteiger partial charge in [-0.3, -0.25) is 0 Å². The largest absolute Gasteiger partial charge is 0.353 e. The third-order valence-electron chi connectivity index (χ3n) is 2.45. The van der Waals surface area contributed by atoms with Crippen LogP contribution < -0.4 is 5.32 Å². The van der Waals surface area contributed by atoms with Gasteiger partial charge in [0.2, 0.25) is 0 Å². The van der Waals surface area contributed by atoms with Crippen LogP contribution in [0.1, 0.15) is 47.0 Å². The molecule has 0 aliphatic rings. The van der Waals surface area contributed by atoms with Crippen molar-refractivity contribution in [3.63, 3.8) is 0 Å². The Morgan fingerprint density at radius 3 is 2.44 bits per heavy atom. The summed E-state index contributed by atoms with van der Waals surface area (Å²) in [7, 11) is 0. The van der Waals surface area contributed by atoms with Crippen LogP contribution in [-0.2, 0) is 0 Å². The summed E-state index contributed by atoms with van der Waals surface area (Å²) in [6.45, 7) is 12.3. The molecule has 0 saturated carbocycles. The first kappa shape index (κ1) is 14.6. The summed E-state index contributed by atoms with van der Waals surface area (Å²) in [5.74, 6) is 2.65. The maximum absolute atomic E-state index is 5.45. The molecule has 0 fully saturated rings. The molecule has 0 aliphatic carbocycles. The molecule has 1 nitrogen and oxygen atoms in total. The second kappa shape index (κ2) is 7.82. The lowest BCUT2D eigenvalue weighted by molar-refractivity contribution is 0.752. The van der Waals surface area contributed by atoms with E-state index in [4.69, 9.17) is 6.42 Å². The molecule has 0 amide bonds. The lowest BCUT2D eigenvalue weighted by Gasteiger charge is -2.09. The van der Waals surface area contributed by atoms with Crippen LogP contribution in [0, 0.1) is 12.3 Å². The number of hydrogen-bond acceptors (Lipinski definition) is 1. The molecule has 0 saturated heterocycles. The molecule has 1 heteroatoms. The molecule has 0 aromatic rings. The second-order valence-corrected chi connectivity index (χ2v) is 4.22. The molecule has 88 valence electrons. The zero-order valence-corrected chi connectivity index (χ0v) is 11.0. The summed E-state index contributed by atoms with van der Waals surface area (Å²) in [5, 5.41) is 3.18. The van der Waals surface area contributed by atoms with E-state index in [0.717, 1.165) is 24.2 Å². The summed E-state index contributed by atoms with van der Waals surface area (Å²) in [6, 6.07) is 0. The summed E-state index contributed by atoms with van der Waals surface area (Å²) in [4.78, 5) is 0. The van der Waals surface area contributed by atoms with E-state index < -0.39 is 0 Å². The minimum Gasteiger partial charge on any atom is -0.353 e. The third-order valence-corrected chi connectivity index (χ3v) is 2.45. The maximum Gasteiger partial charge on any atom is 0.0894 e. The topological polar surface area (TPSA) is 12.0 Å². The first-order valence-corrected chi connectivity index (χ1v) is 5.78. The van der Waals surface area contributed by atoms with Gasteiger partial charge in [0, 0.05) is 5.70 Å². The van der Waals surface area contributed by atoms with Gasteiger partial charge in [-0.25, -0.2) is 0 Å². The second-order valence-electron chi connectivity index (χ2n) is 4.22. The molecule has 0 aromatic heterocycles. The van der Waals surface area contributed by atoms with Gasteiger partial charge in [-0.15, -0.1) is 6.42 Å². The lowest BCUT2D eigenvalue weighted by atomic mass is 10.1. The molecule has 0 radical (unpaired) electrons. The van der Waals surface area contributed by atoms with E-state index in [-0.39, 0.29) is 0 Å². The van der Waals surface area contributed by atoms with Gasteiger partial charge in [0.25, 0.3) is 0 Å². The third kappa shape index (κ3) is 6.14. The number of unbranched alkanes of at least 4 members (excludes halogenated alkanes) is 1. The molecule has 0 aromatic carbocycles. The Balaban J connectivity index is 4.49. The van der Waals surface area contributed by atoms with E-state index in [1.807, 2.05) is 6.08 Å².